The number of rotatable bonds is 8. The number of methoxy groups -OCH3 is 2. The molecule has 1 aromatic rings. The van der Waals surface area contributed by atoms with Gasteiger partial charge in [-0.05, 0) is 18.6 Å². The molecule has 0 fully saturated rings. The molecule has 0 bridgehead atoms. The van der Waals surface area contributed by atoms with Crippen molar-refractivity contribution in [1.82, 2.24) is 0 Å². The summed E-state index contributed by atoms with van der Waals surface area (Å²) in [5.74, 6) is 2.60. The Labute approximate surface area is 118 Å². The van der Waals surface area contributed by atoms with Crippen molar-refractivity contribution in [3.05, 3.63) is 18.2 Å². The van der Waals surface area contributed by atoms with E-state index in [-0.39, 0.29) is 0 Å². The molecule has 0 aliphatic carbocycles. The highest BCUT2D eigenvalue weighted by Crippen LogP contribution is 2.37. The van der Waals surface area contributed by atoms with Gasteiger partial charge in [0, 0.05) is 11.2 Å². The molecule has 0 aliphatic heterocycles. The second-order valence-electron chi connectivity index (χ2n) is 4.11. The number of hydrogen-bond acceptors (Lipinski definition) is 3. The van der Waals surface area contributed by atoms with Crippen molar-refractivity contribution in [3.63, 3.8) is 0 Å². The molecule has 1 unspecified atom stereocenters. The highest BCUT2D eigenvalue weighted by molar-refractivity contribution is 9.09. The summed E-state index contributed by atoms with van der Waals surface area (Å²) in [6.45, 7) is 2.84. The van der Waals surface area contributed by atoms with Gasteiger partial charge in [-0.1, -0.05) is 35.3 Å². The van der Waals surface area contributed by atoms with Crippen molar-refractivity contribution in [1.29, 1.82) is 0 Å². The first kappa shape index (κ1) is 15.2. The number of halogens is 1. The van der Waals surface area contributed by atoms with Crippen LogP contribution in [0.25, 0.3) is 0 Å². The molecule has 0 N–H and O–H groups in total. The molecule has 0 saturated carbocycles. The lowest BCUT2D eigenvalue weighted by Gasteiger charge is -2.18. The fourth-order valence-corrected chi connectivity index (χ4v) is 2.28. The Kier molecular flexibility index (Phi) is 6.94. The Balaban J connectivity index is 2.75. The quantitative estimate of drug-likeness (QED) is 0.681. The van der Waals surface area contributed by atoms with Crippen LogP contribution >= 0.6 is 15.9 Å². The van der Waals surface area contributed by atoms with E-state index in [0.29, 0.717) is 29.8 Å². The van der Waals surface area contributed by atoms with Gasteiger partial charge in [0.25, 0.3) is 0 Å². The van der Waals surface area contributed by atoms with Gasteiger partial charge in [-0.2, -0.15) is 0 Å². The second kappa shape index (κ2) is 8.25. The number of ether oxygens (including phenoxy) is 3. The first-order valence-corrected chi connectivity index (χ1v) is 7.28. The molecule has 1 atom stereocenters. The van der Waals surface area contributed by atoms with E-state index in [4.69, 9.17) is 14.2 Å². The lowest BCUT2D eigenvalue weighted by molar-refractivity contribution is 0.232. The fourth-order valence-electron chi connectivity index (χ4n) is 1.77. The van der Waals surface area contributed by atoms with Gasteiger partial charge in [0.05, 0.1) is 20.8 Å². The van der Waals surface area contributed by atoms with Crippen LogP contribution in [0.3, 0.4) is 0 Å². The normalized spacial score (nSPS) is 12.0. The summed E-state index contributed by atoms with van der Waals surface area (Å²) in [6.07, 6.45) is 2.30. The maximum atomic E-state index is 5.88. The molecule has 1 rings (SSSR count). The standard InChI is InChI=1S/C14H21BrO3/c1-4-6-11(9-15)10-18-14-12(16-2)7-5-8-13(14)17-3/h5,7-8,11H,4,6,9-10H2,1-3H3. The van der Waals surface area contributed by atoms with Gasteiger partial charge in [0.15, 0.2) is 11.5 Å². The van der Waals surface area contributed by atoms with Crippen LogP contribution in [0.1, 0.15) is 19.8 Å². The fraction of sp³-hybridized carbons (Fsp3) is 0.571. The van der Waals surface area contributed by atoms with Gasteiger partial charge < -0.3 is 14.2 Å². The average Bonchev–Trinajstić information content (AvgIpc) is 2.42. The smallest absolute Gasteiger partial charge is 0.203 e. The first-order valence-electron chi connectivity index (χ1n) is 6.16. The molecule has 0 heterocycles. The molecule has 0 amide bonds. The third-order valence-corrected chi connectivity index (χ3v) is 3.68. The van der Waals surface area contributed by atoms with Crippen molar-refractivity contribution >= 4 is 15.9 Å². The topological polar surface area (TPSA) is 27.7 Å². The molecule has 0 radical (unpaired) electrons. The summed E-state index contributed by atoms with van der Waals surface area (Å²) in [4.78, 5) is 0. The maximum Gasteiger partial charge on any atom is 0.203 e. The second-order valence-corrected chi connectivity index (χ2v) is 4.76. The largest absolute Gasteiger partial charge is 0.493 e. The minimum Gasteiger partial charge on any atom is -0.493 e. The molecule has 102 valence electrons. The predicted molar refractivity (Wildman–Crippen MR) is 77.2 cm³/mol. The van der Waals surface area contributed by atoms with E-state index in [0.717, 1.165) is 18.2 Å². The van der Waals surface area contributed by atoms with Crippen LogP contribution in [0.5, 0.6) is 17.2 Å². The lowest BCUT2D eigenvalue weighted by Crippen LogP contribution is -2.14. The zero-order chi connectivity index (χ0) is 13.4. The van der Waals surface area contributed by atoms with Gasteiger partial charge in [0.2, 0.25) is 5.75 Å². The third-order valence-electron chi connectivity index (χ3n) is 2.76. The summed E-state index contributed by atoms with van der Waals surface area (Å²) in [6, 6.07) is 5.64. The zero-order valence-corrected chi connectivity index (χ0v) is 12.8. The van der Waals surface area contributed by atoms with E-state index < -0.39 is 0 Å². The zero-order valence-electron chi connectivity index (χ0n) is 11.2. The molecule has 3 nitrogen and oxygen atoms in total. The molecule has 0 spiro atoms. The van der Waals surface area contributed by atoms with Gasteiger partial charge in [0.1, 0.15) is 0 Å². The van der Waals surface area contributed by atoms with Crippen molar-refractivity contribution in [3.8, 4) is 17.2 Å². The Morgan fingerprint density at radius 3 is 2.22 bits per heavy atom. The highest BCUT2D eigenvalue weighted by atomic mass is 79.9. The molecular weight excluding hydrogens is 296 g/mol. The van der Waals surface area contributed by atoms with Crippen LogP contribution < -0.4 is 14.2 Å². The first-order chi connectivity index (χ1) is 8.76. The van der Waals surface area contributed by atoms with Gasteiger partial charge in [-0.3, -0.25) is 0 Å². The molecule has 0 aromatic heterocycles. The van der Waals surface area contributed by atoms with Crippen LogP contribution in [0.15, 0.2) is 18.2 Å². The van der Waals surface area contributed by atoms with Crippen molar-refractivity contribution in [2.45, 2.75) is 19.8 Å². The summed E-state index contributed by atoms with van der Waals surface area (Å²) in [5, 5.41) is 0.943. The number of para-hydroxylation sites is 1. The van der Waals surface area contributed by atoms with E-state index >= 15 is 0 Å². The van der Waals surface area contributed by atoms with E-state index in [1.54, 1.807) is 14.2 Å². The molecule has 1 aromatic carbocycles. The van der Waals surface area contributed by atoms with Crippen molar-refractivity contribution in [2.75, 3.05) is 26.2 Å². The molecule has 18 heavy (non-hydrogen) atoms. The molecule has 4 heteroatoms. The lowest BCUT2D eigenvalue weighted by atomic mass is 10.1. The summed E-state index contributed by atoms with van der Waals surface area (Å²) < 4.78 is 16.5. The van der Waals surface area contributed by atoms with E-state index in [9.17, 15) is 0 Å². The van der Waals surface area contributed by atoms with Gasteiger partial charge >= 0.3 is 0 Å². The van der Waals surface area contributed by atoms with Crippen molar-refractivity contribution in [2.24, 2.45) is 5.92 Å². The SMILES string of the molecule is CCCC(CBr)COc1c(OC)cccc1OC. The molecular formula is C14H21BrO3. The summed E-state index contributed by atoms with van der Waals surface area (Å²) in [5.41, 5.74) is 0. The van der Waals surface area contributed by atoms with E-state index in [1.807, 2.05) is 18.2 Å². The van der Waals surface area contributed by atoms with Crippen LogP contribution in [0.2, 0.25) is 0 Å². The Bertz CT molecular complexity index is 333. The predicted octanol–water partition coefficient (Wildman–Crippen LogP) is 3.89. The molecule has 0 aliphatic rings. The number of hydrogen-bond donors (Lipinski definition) is 0. The van der Waals surface area contributed by atoms with Gasteiger partial charge in [-0.15, -0.1) is 0 Å². The Hall–Kier alpha value is -0.900. The number of alkyl halides is 1. The van der Waals surface area contributed by atoms with E-state index in [2.05, 4.69) is 22.9 Å². The minimum absolute atomic E-state index is 0.504. The van der Waals surface area contributed by atoms with Crippen LogP contribution in [0.4, 0.5) is 0 Å². The Morgan fingerprint density at radius 2 is 1.78 bits per heavy atom. The van der Waals surface area contributed by atoms with E-state index in [1.165, 1.54) is 0 Å². The molecule has 0 saturated heterocycles. The van der Waals surface area contributed by atoms with Crippen LogP contribution in [-0.4, -0.2) is 26.2 Å². The van der Waals surface area contributed by atoms with Gasteiger partial charge in [-0.25, -0.2) is 0 Å². The number of benzene rings is 1. The average molecular weight is 317 g/mol. The summed E-state index contributed by atoms with van der Waals surface area (Å²) >= 11 is 3.52. The third kappa shape index (κ3) is 4.09. The summed E-state index contributed by atoms with van der Waals surface area (Å²) in [7, 11) is 3.27. The van der Waals surface area contributed by atoms with Crippen LogP contribution in [-0.2, 0) is 0 Å². The Morgan fingerprint density at radius 1 is 1.17 bits per heavy atom. The highest BCUT2D eigenvalue weighted by Gasteiger charge is 2.14. The van der Waals surface area contributed by atoms with Crippen LogP contribution in [0, 0.1) is 5.92 Å². The maximum absolute atomic E-state index is 5.88. The minimum atomic E-state index is 0.504. The van der Waals surface area contributed by atoms with Crippen molar-refractivity contribution < 1.29 is 14.2 Å². The monoisotopic (exact) mass is 316 g/mol.